The first kappa shape index (κ1) is 26.4. The molecule has 2 rings (SSSR count). The molecule has 12 heteroatoms. The summed E-state index contributed by atoms with van der Waals surface area (Å²) in [6.07, 6.45) is -4.98. The summed E-state index contributed by atoms with van der Waals surface area (Å²) in [6, 6.07) is 11.1. The molecule has 1 unspecified atom stereocenters. The van der Waals surface area contributed by atoms with Crippen molar-refractivity contribution in [3.05, 3.63) is 54.1 Å². The number of nitrogens with zero attached hydrogens (tertiary/aromatic N) is 1. The van der Waals surface area contributed by atoms with Crippen molar-refractivity contribution in [2.45, 2.75) is 23.7 Å². The van der Waals surface area contributed by atoms with E-state index in [2.05, 4.69) is 14.8 Å². The Balaban J connectivity index is 1.85. The molecule has 2 N–H and O–H groups in total. The van der Waals surface area contributed by atoms with Gasteiger partial charge in [-0.1, -0.05) is 12.1 Å². The predicted octanol–water partition coefficient (Wildman–Crippen LogP) is 2.68. The smallest absolute Gasteiger partial charge is 0.497 e. The minimum absolute atomic E-state index is 0.103. The van der Waals surface area contributed by atoms with E-state index in [1.807, 2.05) is 43.3 Å². The summed E-state index contributed by atoms with van der Waals surface area (Å²) >= 11 is 0. The topological polar surface area (TPSA) is 97.0 Å². The number of amides is 1. The number of rotatable bonds is 11. The maximum atomic E-state index is 12.3. The minimum Gasteiger partial charge on any atom is -0.497 e. The zero-order valence-electron chi connectivity index (χ0n) is 18.3. The van der Waals surface area contributed by atoms with Gasteiger partial charge in [-0.2, -0.15) is 0 Å². The molecule has 0 spiro atoms. The third-order valence-corrected chi connectivity index (χ3v) is 6.11. The number of methoxy groups -OCH3 is 1. The second-order valence-corrected chi connectivity index (χ2v) is 8.99. The molecule has 182 valence electrons. The lowest BCUT2D eigenvalue weighted by Crippen LogP contribution is -2.36. The third kappa shape index (κ3) is 8.56. The molecule has 0 bridgehead atoms. The van der Waals surface area contributed by atoms with Gasteiger partial charge in [-0.3, -0.25) is 4.79 Å². The average Bonchev–Trinajstić information content (AvgIpc) is 2.73. The number of alkyl halides is 3. The second kappa shape index (κ2) is 11.3. The highest BCUT2D eigenvalue weighted by Gasteiger charge is 2.31. The van der Waals surface area contributed by atoms with Gasteiger partial charge in [-0.25, -0.2) is 13.1 Å². The number of ether oxygens (including phenoxy) is 2. The van der Waals surface area contributed by atoms with E-state index in [4.69, 9.17) is 4.74 Å². The zero-order valence-corrected chi connectivity index (χ0v) is 19.2. The summed E-state index contributed by atoms with van der Waals surface area (Å²) in [4.78, 5) is 13.9. The fraction of sp³-hybridized carbons (Fsp3) is 0.381. The molecular formula is C21H26F3N3O5S. The summed E-state index contributed by atoms with van der Waals surface area (Å²) in [5.74, 6) is -0.171. The number of nitrogens with one attached hydrogen (secondary N) is 2. The molecule has 2 aromatic rings. The van der Waals surface area contributed by atoms with Crippen LogP contribution in [0.3, 0.4) is 0 Å². The van der Waals surface area contributed by atoms with E-state index in [1.165, 1.54) is 0 Å². The quantitative estimate of drug-likeness (QED) is 0.504. The van der Waals surface area contributed by atoms with Crippen LogP contribution in [0.15, 0.2) is 53.4 Å². The molecule has 0 aromatic heterocycles. The molecule has 2 aromatic carbocycles. The highest BCUT2D eigenvalue weighted by Crippen LogP contribution is 2.24. The Morgan fingerprint density at radius 1 is 1.03 bits per heavy atom. The van der Waals surface area contributed by atoms with Gasteiger partial charge in [0.1, 0.15) is 11.5 Å². The van der Waals surface area contributed by atoms with Gasteiger partial charge in [0.15, 0.2) is 0 Å². The monoisotopic (exact) mass is 489 g/mol. The fourth-order valence-electron chi connectivity index (χ4n) is 2.93. The Morgan fingerprint density at radius 2 is 1.61 bits per heavy atom. The maximum Gasteiger partial charge on any atom is 0.573 e. The van der Waals surface area contributed by atoms with Crippen molar-refractivity contribution in [3.8, 4) is 11.5 Å². The average molecular weight is 490 g/mol. The summed E-state index contributed by atoms with van der Waals surface area (Å²) in [5.41, 5.74) is 0.972. The summed E-state index contributed by atoms with van der Waals surface area (Å²) < 4.78 is 72.3. The molecule has 0 saturated heterocycles. The highest BCUT2D eigenvalue weighted by atomic mass is 32.2. The van der Waals surface area contributed by atoms with Crippen LogP contribution >= 0.6 is 0 Å². The van der Waals surface area contributed by atoms with E-state index < -0.39 is 22.1 Å². The molecule has 0 heterocycles. The number of carbonyl (C=O) groups is 1. The van der Waals surface area contributed by atoms with Crippen LogP contribution in [0, 0.1) is 0 Å². The number of hydrogen-bond acceptors (Lipinski definition) is 6. The van der Waals surface area contributed by atoms with Gasteiger partial charge < -0.3 is 19.7 Å². The van der Waals surface area contributed by atoms with Crippen molar-refractivity contribution in [2.24, 2.45) is 0 Å². The summed E-state index contributed by atoms with van der Waals surface area (Å²) in [7, 11) is 1.33. The second-order valence-electron chi connectivity index (χ2n) is 7.22. The van der Waals surface area contributed by atoms with Gasteiger partial charge in [0.25, 0.3) is 0 Å². The Hall–Kier alpha value is -2.83. The highest BCUT2D eigenvalue weighted by molar-refractivity contribution is 7.89. The van der Waals surface area contributed by atoms with E-state index in [1.54, 1.807) is 7.11 Å². The van der Waals surface area contributed by atoms with Gasteiger partial charge in [0.2, 0.25) is 15.9 Å². The molecule has 0 aliphatic heterocycles. The van der Waals surface area contributed by atoms with Crippen molar-refractivity contribution < 1.29 is 35.9 Å². The van der Waals surface area contributed by atoms with Crippen LogP contribution in [0.2, 0.25) is 0 Å². The number of halogens is 3. The van der Waals surface area contributed by atoms with E-state index >= 15 is 0 Å². The first-order valence-corrected chi connectivity index (χ1v) is 11.3. The third-order valence-electron chi connectivity index (χ3n) is 4.63. The summed E-state index contributed by atoms with van der Waals surface area (Å²) in [6.45, 7) is 0.135. The Labute approximate surface area is 190 Å². The SMILES string of the molecule is COc1ccc(C(CNC(=O)CCNS(=O)(=O)c2ccc(OC(F)(F)F)cc2)N(C)C)cc1. The fourth-order valence-corrected chi connectivity index (χ4v) is 3.96. The first-order chi connectivity index (χ1) is 15.4. The molecule has 0 saturated carbocycles. The molecule has 0 aliphatic rings. The molecule has 0 fully saturated rings. The predicted molar refractivity (Wildman–Crippen MR) is 115 cm³/mol. The van der Waals surface area contributed by atoms with Gasteiger partial charge in [0, 0.05) is 19.5 Å². The van der Waals surface area contributed by atoms with E-state index in [-0.39, 0.29) is 29.8 Å². The number of benzene rings is 2. The minimum atomic E-state index is -4.87. The van der Waals surface area contributed by atoms with Crippen molar-refractivity contribution >= 4 is 15.9 Å². The van der Waals surface area contributed by atoms with Gasteiger partial charge in [0.05, 0.1) is 18.0 Å². The Kier molecular flexibility index (Phi) is 9.08. The molecule has 1 amide bonds. The van der Waals surface area contributed by atoms with E-state index in [0.29, 0.717) is 6.54 Å². The molecular weight excluding hydrogens is 463 g/mol. The standard InChI is InChI=1S/C21H26F3N3O5S/c1-27(2)19(15-4-6-16(31-3)7-5-15)14-25-20(28)12-13-26-33(29,30)18-10-8-17(9-11-18)32-21(22,23)24/h4-11,19,26H,12-14H2,1-3H3,(H,25,28). The number of likely N-dealkylation sites (N-methyl/N-ethyl adjacent to an activating group) is 1. The number of hydrogen-bond donors (Lipinski definition) is 2. The molecule has 33 heavy (non-hydrogen) atoms. The zero-order chi connectivity index (χ0) is 24.6. The van der Waals surface area contributed by atoms with Crippen molar-refractivity contribution in [2.75, 3.05) is 34.3 Å². The number of sulfonamides is 1. The van der Waals surface area contributed by atoms with Crippen molar-refractivity contribution in [1.82, 2.24) is 14.9 Å². The molecule has 8 nitrogen and oxygen atoms in total. The lowest BCUT2D eigenvalue weighted by atomic mass is 10.1. The van der Waals surface area contributed by atoms with Crippen molar-refractivity contribution in [1.29, 1.82) is 0 Å². The lowest BCUT2D eigenvalue weighted by Gasteiger charge is -2.25. The maximum absolute atomic E-state index is 12.3. The first-order valence-electron chi connectivity index (χ1n) is 9.84. The van der Waals surface area contributed by atoms with Crippen LogP contribution in [0.1, 0.15) is 18.0 Å². The van der Waals surface area contributed by atoms with Gasteiger partial charge in [-0.15, -0.1) is 13.2 Å². The van der Waals surface area contributed by atoms with E-state index in [0.717, 1.165) is 35.6 Å². The summed E-state index contributed by atoms with van der Waals surface area (Å²) in [5, 5.41) is 2.78. The molecule has 1 atom stereocenters. The normalized spacial score (nSPS) is 12.9. The van der Waals surface area contributed by atoms with Gasteiger partial charge >= 0.3 is 6.36 Å². The van der Waals surface area contributed by atoms with Gasteiger partial charge in [-0.05, 0) is 56.1 Å². The molecule has 0 aliphatic carbocycles. The van der Waals surface area contributed by atoms with Crippen LogP contribution in [-0.2, 0) is 14.8 Å². The Morgan fingerprint density at radius 3 is 2.12 bits per heavy atom. The van der Waals surface area contributed by atoms with E-state index in [9.17, 15) is 26.4 Å². The van der Waals surface area contributed by atoms with Crippen LogP contribution < -0.4 is 19.5 Å². The van der Waals surface area contributed by atoms with Crippen LogP contribution in [0.25, 0.3) is 0 Å². The molecule has 0 radical (unpaired) electrons. The van der Waals surface area contributed by atoms with Crippen LogP contribution in [0.5, 0.6) is 11.5 Å². The largest absolute Gasteiger partial charge is 0.573 e. The Bertz CT molecular complexity index is 1010. The lowest BCUT2D eigenvalue weighted by molar-refractivity contribution is -0.274. The number of carbonyl (C=O) groups excluding carboxylic acids is 1. The van der Waals surface area contributed by atoms with Crippen LogP contribution in [0.4, 0.5) is 13.2 Å². The van der Waals surface area contributed by atoms with Crippen molar-refractivity contribution in [3.63, 3.8) is 0 Å². The van der Waals surface area contributed by atoms with Crippen LogP contribution in [-0.4, -0.2) is 59.9 Å².